The summed E-state index contributed by atoms with van der Waals surface area (Å²) >= 11 is 1.34. The molecule has 100 valence electrons. The normalized spacial score (nSPS) is 10.2. The van der Waals surface area contributed by atoms with Crippen LogP contribution in [0.1, 0.15) is 20.8 Å². The van der Waals surface area contributed by atoms with Gasteiger partial charge in [0.1, 0.15) is 6.54 Å². The molecule has 2 N–H and O–H groups in total. The largest absolute Gasteiger partial charge is 0.352 e. The third-order valence-corrected chi connectivity index (χ3v) is 2.79. The van der Waals surface area contributed by atoms with Gasteiger partial charge in [-0.25, -0.2) is 9.78 Å². The number of aromatic nitrogens is 1. The molecule has 0 bridgehead atoms. The number of hydrogen-bond donors (Lipinski definition) is 2. The molecule has 1 aromatic rings. The zero-order valence-corrected chi connectivity index (χ0v) is 11.6. The van der Waals surface area contributed by atoms with Crippen LogP contribution in [0.4, 0.5) is 9.93 Å². The van der Waals surface area contributed by atoms with Crippen LogP contribution in [0.5, 0.6) is 0 Å². The SMILES string of the molecule is CCN(CC(=O)NC(C)C)C(=O)Nc1nccs1. The Labute approximate surface area is 110 Å². The molecule has 0 atom stereocenters. The van der Waals surface area contributed by atoms with Crippen LogP contribution in [0.15, 0.2) is 11.6 Å². The van der Waals surface area contributed by atoms with Crippen molar-refractivity contribution in [3.63, 3.8) is 0 Å². The van der Waals surface area contributed by atoms with Crippen LogP contribution < -0.4 is 10.6 Å². The van der Waals surface area contributed by atoms with Crippen molar-refractivity contribution >= 4 is 28.4 Å². The lowest BCUT2D eigenvalue weighted by atomic mass is 10.4. The second-order valence-electron chi connectivity index (χ2n) is 4.00. The summed E-state index contributed by atoms with van der Waals surface area (Å²) in [6.45, 7) is 6.09. The van der Waals surface area contributed by atoms with E-state index in [1.54, 1.807) is 11.6 Å². The van der Waals surface area contributed by atoms with E-state index < -0.39 is 0 Å². The Morgan fingerprint density at radius 3 is 2.72 bits per heavy atom. The average Bonchev–Trinajstić information content (AvgIpc) is 2.77. The highest BCUT2D eigenvalue weighted by Crippen LogP contribution is 2.10. The number of rotatable bonds is 5. The monoisotopic (exact) mass is 270 g/mol. The van der Waals surface area contributed by atoms with Gasteiger partial charge in [0.25, 0.3) is 0 Å². The Balaban J connectivity index is 2.49. The lowest BCUT2D eigenvalue weighted by Crippen LogP contribution is -2.44. The number of likely N-dealkylation sites (N-methyl/N-ethyl adjacent to an activating group) is 1. The second kappa shape index (κ2) is 6.95. The smallest absolute Gasteiger partial charge is 0.324 e. The predicted molar refractivity (Wildman–Crippen MR) is 71.7 cm³/mol. The molecule has 0 aliphatic rings. The van der Waals surface area contributed by atoms with Crippen LogP contribution >= 0.6 is 11.3 Å². The van der Waals surface area contributed by atoms with E-state index in [2.05, 4.69) is 15.6 Å². The predicted octanol–water partition coefficient (Wildman–Crippen LogP) is 1.52. The van der Waals surface area contributed by atoms with Crippen LogP contribution in [0.25, 0.3) is 0 Å². The van der Waals surface area contributed by atoms with Crippen molar-refractivity contribution < 1.29 is 9.59 Å². The number of carbonyl (C=O) groups is 2. The first kappa shape index (κ1) is 14.4. The highest BCUT2D eigenvalue weighted by molar-refractivity contribution is 7.13. The maximum absolute atomic E-state index is 11.9. The first-order valence-electron chi connectivity index (χ1n) is 5.77. The quantitative estimate of drug-likeness (QED) is 0.852. The molecule has 7 heteroatoms. The lowest BCUT2D eigenvalue weighted by molar-refractivity contribution is -0.122. The Hall–Kier alpha value is -1.63. The van der Waals surface area contributed by atoms with Crippen molar-refractivity contribution in [1.29, 1.82) is 0 Å². The van der Waals surface area contributed by atoms with Crippen LogP contribution in [-0.4, -0.2) is 41.0 Å². The molecule has 1 aromatic heterocycles. The number of anilines is 1. The van der Waals surface area contributed by atoms with Crippen molar-refractivity contribution in [2.75, 3.05) is 18.4 Å². The topological polar surface area (TPSA) is 74.3 Å². The lowest BCUT2D eigenvalue weighted by Gasteiger charge is -2.20. The first-order valence-corrected chi connectivity index (χ1v) is 6.65. The van der Waals surface area contributed by atoms with Crippen LogP contribution in [-0.2, 0) is 4.79 Å². The van der Waals surface area contributed by atoms with Gasteiger partial charge in [-0.05, 0) is 20.8 Å². The van der Waals surface area contributed by atoms with Gasteiger partial charge in [0.15, 0.2) is 5.13 Å². The molecule has 0 unspecified atom stereocenters. The maximum Gasteiger partial charge on any atom is 0.324 e. The zero-order valence-electron chi connectivity index (χ0n) is 10.8. The van der Waals surface area contributed by atoms with E-state index in [-0.39, 0.29) is 24.5 Å². The number of hydrogen-bond acceptors (Lipinski definition) is 4. The summed E-state index contributed by atoms with van der Waals surface area (Å²) in [7, 11) is 0. The molecule has 1 rings (SSSR count). The summed E-state index contributed by atoms with van der Waals surface area (Å²) in [5, 5.41) is 7.70. The van der Waals surface area contributed by atoms with Crippen LogP contribution in [0.3, 0.4) is 0 Å². The minimum atomic E-state index is -0.314. The molecule has 0 saturated carbocycles. The van der Waals surface area contributed by atoms with Gasteiger partial charge in [-0.2, -0.15) is 0 Å². The number of thiazole rings is 1. The van der Waals surface area contributed by atoms with Gasteiger partial charge in [-0.15, -0.1) is 11.3 Å². The van der Waals surface area contributed by atoms with E-state index >= 15 is 0 Å². The zero-order chi connectivity index (χ0) is 13.5. The van der Waals surface area contributed by atoms with Crippen molar-refractivity contribution in [3.8, 4) is 0 Å². The Kier molecular flexibility index (Phi) is 5.57. The summed E-state index contributed by atoms with van der Waals surface area (Å²) in [4.78, 5) is 28.8. The maximum atomic E-state index is 11.9. The number of nitrogens with zero attached hydrogens (tertiary/aromatic N) is 2. The molecule has 0 aliphatic carbocycles. The van der Waals surface area contributed by atoms with Crippen molar-refractivity contribution in [3.05, 3.63) is 11.6 Å². The molecule has 3 amide bonds. The molecule has 0 radical (unpaired) electrons. The van der Waals surface area contributed by atoms with Gasteiger partial charge >= 0.3 is 6.03 Å². The van der Waals surface area contributed by atoms with Gasteiger partial charge in [-0.1, -0.05) is 0 Å². The van der Waals surface area contributed by atoms with Gasteiger partial charge in [0.2, 0.25) is 5.91 Å². The minimum Gasteiger partial charge on any atom is -0.352 e. The van der Waals surface area contributed by atoms with E-state index in [9.17, 15) is 9.59 Å². The van der Waals surface area contributed by atoms with Gasteiger partial charge in [0.05, 0.1) is 0 Å². The third kappa shape index (κ3) is 4.70. The molecular weight excluding hydrogens is 252 g/mol. The van der Waals surface area contributed by atoms with Gasteiger partial charge in [0, 0.05) is 24.2 Å². The van der Waals surface area contributed by atoms with E-state index in [0.29, 0.717) is 11.7 Å². The molecular formula is C11H18N4O2S. The average molecular weight is 270 g/mol. The van der Waals surface area contributed by atoms with Gasteiger partial charge < -0.3 is 10.2 Å². The van der Waals surface area contributed by atoms with Crippen molar-refractivity contribution in [2.45, 2.75) is 26.8 Å². The second-order valence-corrected chi connectivity index (χ2v) is 4.90. The fourth-order valence-corrected chi connectivity index (χ4v) is 1.84. The Morgan fingerprint density at radius 1 is 1.50 bits per heavy atom. The highest BCUT2D eigenvalue weighted by atomic mass is 32.1. The minimum absolute atomic E-state index is 0.0475. The van der Waals surface area contributed by atoms with E-state index in [4.69, 9.17) is 0 Å². The van der Waals surface area contributed by atoms with Crippen molar-refractivity contribution in [1.82, 2.24) is 15.2 Å². The summed E-state index contributed by atoms with van der Waals surface area (Å²) in [6.07, 6.45) is 1.61. The number of nitrogens with one attached hydrogen (secondary N) is 2. The molecule has 0 saturated heterocycles. The number of amides is 3. The van der Waals surface area contributed by atoms with Gasteiger partial charge in [-0.3, -0.25) is 10.1 Å². The molecule has 0 aromatic carbocycles. The van der Waals surface area contributed by atoms with Crippen LogP contribution in [0.2, 0.25) is 0 Å². The summed E-state index contributed by atoms with van der Waals surface area (Å²) in [6, 6.07) is -0.246. The Bertz CT molecular complexity index is 392. The summed E-state index contributed by atoms with van der Waals surface area (Å²) < 4.78 is 0. The van der Waals surface area contributed by atoms with Crippen LogP contribution in [0, 0.1) is 0 Å². The molecule has 18 heavy (non-hydrogen) atoms. The van der Waals surface area contributed by atoms with E-state index in [1.165, 1.54) is 16.2 Å². The molecule has 0 spiro atoms. The molecule has 6 nitrogen and oxygen atoms in total. The van der Waals surface area contributed by atoms with E-state index in [1.807, 2.05) is 20.8 Å². The van der Waals surface area contributed by atoms with Crippen molar-refractivity contribution in [2.24, 2.45) is 0 Å². The van der Waals surface area contributed by atoms with E-state index in [0.717, 1.165) is 0 Å². The third-order valence-electron chi connectivity index (χ3n) is 2.10. The highest BCUT2D eigenvalue weighted by Gasteiger charge is 2.16. The standard InChI is InChI=1S/C11H18N4O2S/c1-4-15(7-9(16)13-8(2)3)11(17)14-10-12-5-6-18-10/h5-6,8H,4,7H2,1-3H3,(H,13,16)(H,12,14,17). The molecule has 0 aliphatic heterocycles. The summed E-state index contributed by atoms with van der Waals surface area (Å²) in [5.41, 5.74) is 0. The molecule has 0 fully saturated rings. The summed E-state index contributed by atoms with van der Waals surface area (Å²) in [5.74, 6) is -0.166. The number of carbonyl (C=O) groups excluding carboxylic acids is 2. The Morgan fingerprint density at radius 2 is 2.22 bits per heavy atom. The fourth-order valence-electron chi connectivity index (χ4n) is 1.32. The first-order chi connectivity index (χ1) is 8.52. The molecule has 1 heterocycles. The number of urea groups is 1. The fraction of sp³-hybridized carbons (Fsp3) is 0.545.